The predicted molar refractivity (Wildman–Crippen MR) is 169 cm³/mol. The van der Waals surface area contributed by atoms with Crippen molar-refractivity contribution < 1.29 is 18.0 Å². The van der Waals surface area contributed by atoms with Gasteiger partial charge >= 0.3 is 0 Å². The summed E-state index contributed by atoms with van der Waals surface area (Å²) >= 11 is 19.2. The Morgan fingerprint density at radius 3 is 2.19 bits per heavy atom. The zero-order valence-corrected chi connectivity index (χ0v) is 26.6. The molecule has 3 aromatic carbocycles. The number of carbonyl (C=O) groups excluding carboxylic acids is 2. The fraction of sp³-hybridized carbons (Fsp3) is 0.355. The number of nitrogens with zero attached hydrogens (tertiary/aromatic N) is 2. The summed E-state index contributed by atoms with van der Waals surface area (Å²) in [5, 5.41) is 4.21. The number of hydrogen-bond acceptors (Lipinski definition) is 4. The molecule has 1 saturated carbocycles. The fourth-order valence-corrected chi connectivity index (χ4v) is 7.52. The molecule has 42 heavy (non-hydrogen) atoms. The van der Waals surface area contributed by atoms with Crippen LogP contribution in [0.15, 0.2) is 71.6 Å². The molecule has 1 atom stereocenters. The van der Waals surface area contributed by atoms with Crippen LogP contribution in [0.2, 0.25) is 15.1 Å². The van der Waals surface area contributed by atoms with Crippen LogP contribution in [0.3, 0.4) is 0 Å². The minimum Gasteiger partial charge on any atom is -0.352 e. The zero-order chi connectivity index (χ0) is 30.4. The molecule has 0 saturated heterocycles. The third kappa shape index (κ3) is 7.40. The lowest BCUT2D eigenvalue weighted by atomic mass is 10.1. The summed E-state index contributed by atoms with van der Waals surface area (Å²) in [5.41, 5.74) is 1.35. The first-order valence-electron chi connectivity index (χ1n) is 13.9. The van der Waals surface area contributed by atoms with Gasteiger partial charge in [0, 0.05) is 33.2 Å². The van der Waals surface area contributed by atoms with Crippen LogP contribution in [0.25, 0.3) is 0 Å². The lowest BCUT2D eigenvalue weighted by molar-refractivity contribution is -0.140. The molecule has 0 aromatic heterocycles. The molecule has 1 aliphatic carbocycles. The van der Waals surface area contributed by atoms with Crippen molar-refractivity contribution in [2.45, 2.75) is 69.5 Å². The lowest BCUT2D eigenvalue weighted by Gasteiger charge is -2.34. The van der Waals surface area contributed by atoms with Crippen molar-refractivity contribution >= 4 is 62.3 Å². The average Bonchev–Trinajstić information content (AvgIpc) is 3.47. The van der Waals surface area contributed by atoms with E-state index in [1.165, 1.54) is 17.0 Å². The van der Waals surface area contributed by atoms with E-state index in [0.717, 1.165) is 30.0 Å². The van der Waals surface area contributed by atoms with Crippen molar-refractivity contribution in [3.05, 3.63) is 92.9 Å². The molecule has 1 aliphatic rings. The SMILES string of the molecule is CC[C@@H](C(=O)NC1CCCC1)N(Cc1c(Cl)cccc1Cl)C(=O)CN(c1ccc(Cl)cc1C)S(=O)(=O)c1ccccc1. The minimum absolute atomic E-state index is 0.0267. The van der Waals surface area contributed by atoms with Gasteiger partial charge in [-0.15, -0.1) is 0 Å². The highest BCUT2D eigenvalue weighted by Gasteiger charge is 2.35. The Morgan fingerprint density at radius 2 is 1.60 bits per heavy atom. The highest BCUT2D eigenvalue weighted by atomic mass is 35.5. The summed E-state index contributed by atoms with van der Waals surface area (Å²) in [6.07, 6.45) is 4.13. The Balaban J connectivity index is 1.76. The Labute approximate surface area is 262 Å². The Hall–Kier alpha value is -2.78. The third-order valence-electron chi connectivity index (χ3n) is 7.52. The second kappa shape index (κ2) is 14.1. The lowest BCUT2D eigenvalue weighted by Crippen LogP contribution is -2.53. The third-order valence-corrected chi connectivity index (χ3v) is 10.2. The van der Waals surface area contributed by atoms with E-state index in [-0.39, 0.29) is 23.4 Å². The van der Waals surface area contributed by atoms with Crippen molar-refractivity contribution in [3.63, 3.8) is 0 Å². The first-order valence-corrected chi connectivity index (χ1v) is 16.5. The van der Waals surface area contributed by atoms with E-state index in [9.17, 15) is 18.0 Å². The fourth-order valence-electron chi connectivity index (χ4n) is 5.27. The molecule has 2 amide bonds. The predicted octanol–water partition coefficient (Wildman–Crippen LogP) is 7.02. The summed E-state index contributed by atoms with van der Waals surface area (Å²) < 4.78 is 29.1. The molecule has 3 aromatic rings. The van der Waals surface area contributed by atoms with Crippen molar-refractivity contribution in [1.82, 2.24) is 10.2 Å². The number of anilines is 1. The maximum atomic E-state index is 14.3. The molecule has 224 valence electrons. The van der Waals surface area contributed by atoms with Crippen LogP contribution in [0.1, 0.15) is 50.2 Å². The van der Waals surface area contributed by atoms with Crippen LogP contribution in [0, 0.1) is 6.92 Å². The number of benzene rings is 3. The Bertz CT molecular complexity index is 1510. The molecule has 0 heterocycles. The van der Waals surface area contributed by atoms with E-state index < -0.39 is 28.5 Å². The van der Waals surface area contributed by atoms with E-state index in [4.69, 9.17) is 34.8 Å². The van der Waals surface area contributed by atoms with Crippen molar-refractivity contribution in [1.29, 1.82) is 0 Å². The molecule has 1 N–H and O–H groups in total. The van der Waals surface area contributed by atoms with Gasteiger partial charge in [-0.25, -0.2) is 8.42 Å². The molecular formula is C31H34Cl3N3O4S. The smallest absolute Gasteiger partial charge is 0.264 e. The van der Waals surface area contributed by atoms with E-state index in [1.54, 1.807) is 61.5 Å². The molecule has 0 bridgehead atoms. The number of amides is 2. The monoisotopic (exact) mass is 649 g/mol. The number of carbonyl (C=O) groups is 2. The first-order chi connectivity index (χ1) is 20.0. The number of sulfonamides is 1. The number of rotatable bonds is 11. The topological polar surface area (TPSA) is 86.8 Å². The van der Waals surface area contributed by atoms with Crippen LogP contribution in [0.5, 0.6) is 0 Å². The Kier molecular flexibility index (Phi) is 10.8. The Morgan fingerprint density at radius 1 is 0.952 bits per heavy atom. The van der Waals surface area contributed by atoms with E-state index in [1.807, 2.05) is 6.92 Å². The maximum absolute atomic E-state index is 14.3. The number of halogens is 3. The average molecular weight is 651 g/mol. The van der Waals surface area contributed by atoms with E-state index in [0.29, 0.717) is 38.3 Å². The minimum atomic E-state index is -4.19. The second-order valence-electron chi connectivity index (χ2n) is 10.4. The first kappa shape index (κ1) is 32.1. The van der Waals surface area contributed by atoms with Crippen molar-refractivity contribution in [2.24, 2.45) is 0 Å². The van der Waals surface area contributed by atoms with Gasteiger partial charge < -0.3 is 10.2 Å². The molecular weight excluding hydrogens is 617 g/mol. The molecule has 0 radical (unpaired) electrons. The van der Waals surface area contributed by atoms with Gasteiger partial charge in [-0.2, -0.15) is 0 Å². The van der Waals surface area contributed by atoms with Gasteiger partial charge in [0.25, 0.3) is 10.0 Å². The van der Waals surface area contributed by atoms with Crippen LogP contribution in [0.4, 0.5) is 5.69 Å². The van der Waals surface area contributed by atoms with Crippen LogP contribution >= 0.6 is 34.8 Å². The standard InChI is InChI=1S/C31H34Cl3N3O4S/c1-3-28(31(39)35-23-10-7-8-11-23)36(19-25-26(33)14-9-15-27(25)34)30(38)20-37(29-17-16-22(32)18-21(29)2)42(40,41)24-12-5-4-6-13-24/h4-6,9,12-18,23,28H,3,7-8,10-11,19-20H2,1-2H3,(H,35,39)/t28-/m0/s1. The second-order valence-corrected chi connectivity index (χ2v) is 13.5. The van der Waals surface area contributed by atoms with Gasteiger partial charge in [-0.05, 0) is 74.2 Å². The molecule has 0 aliphatic heterocycles. The number of nitrogens with one attached hydrogen (secondary N) is 1. The highest BCUT2D eigenvalue weighted by Crippen LogP contribution is 2.31. The van der Waals surface area contributed by atoms with E-state index in [2.05, 4.69) is 5.32 Å². The maximum Gasteiger partial charge on any atom is 0.264 e. The van der Waals surface area contributed by atoms with Crippen molar-refractivity contribution in [2.75, 3.05) is 10.8 Å². The number of aryl methyl sites for hydroxylation is 1. The molecule has 11 heteroatoms. The van der Waals surface area contributed by atoms with Gasteiger partial charge in [0.2, 0.25) is 11.8 Å². The summed E-state index contributed by atoms with van der Waals surface area (Å²) in [6, 6.07) is 16.9. The van der Waals surface area contributed by atoms with Gasteiger partial charge in [0.1, 0.15) is 12.6 Å². The number of hydrogen-bond donors (Lipinski definition) is 1. The molecule has 7 nitrogen and oxygen atoms in total. The normalized spacial score (nSPS) is 14.4. The van der Waals surface area contributed by atoms with Crippen LogP contribution in [-0.4, -0.2) is 43.8 Å². The van der Waals surface area contributed by atoms with Crippen LogP contribution < -0.4 is 9.62 Å². The highest BCUT2D eigenvalue weighted by molar-refractivity contribution is 7.92. The van der Waals surface area contributed by atoms with Crippen LogP contribution in [-0.2, 0) is 26.2 Å². The van der Waals surface area contributed by atoms with Gasteiger partial charge in [0.05, 0.1) is 10.6 Å². The largest absolute Gasteiger partial charge is 0.352 e. The molecule has 0 spiro atoms. The molecule has 0 unspecified atom stereocenters. The van der Waals surface area contributed by atoms with Crippen molar-refractivity contribution in [3.8, 4) is 0 Å². The summed E-state index contributed by atoms with van der Waals surface area (Å²) in [4.78, 5) is 29.3. The molecule has 4 rings (SSSR count). The summed E-state index contributed by atoms with van der Waals surface area (Å²) in [6.45, 7) is 2.90. The van der Waals surface area contributed by atoms with E-state index >= 15 is 0 Å². The molecule has 1 fully saturated rings. The van der Waals surface area contributed by atoms with Gasteiger partial charge in [0.15, 0.2) is 0 Å². The summed E-state index contributed by atoms with van der Waals surface area (Å²) in [7, 11) is -4.19. The summed E-state index contributed by atoms with van der Waals surface area (Å²) in [5.74, 6) is -0.866. The quantitative estimate of drug-likeness (QED) is 0.242. The van der Waals surface area contributed by atoms with Gasteiger partial charge in [-0.1, -0.05) is 78.8 Å². The van der Waals surface area contributed by atoms with Gasteiger partial charge in [-0.3, -0.25) is 13.9 Å². The zero-order valence-electron chi connectivity index (χ0n) is 23.5.